The van der Waals surface area contributed by atoms with E-state index in [0.29, 0.717) is 5.54 Å². The lowest BCUT2D eigenvalue weighted by molar-refractivity contribution is 0.0642. The molecule has 0 radical (unpaired) electrons. The summed E-state index contributed by atoms with van der Waals surface area (Å²) in [4.78, 5) is 5.09. The first-order valence-electron chi connectivity index (χ1n) is 7.42. The molecular weight excluding hydrogens is 270 g/mol. The molecule has 0 amide bonds. The molecule has 4 heteroatoms. The summed E-state index contributed by atoms with van der Waals surface area (Å²) in [6.07, 6.45) is 0. The summed E-state index contributed by atoms with van der Waals surface area (Å²) in [6, 6.07) is 7.91. The van der Waals surface area contributed by atoms with E-state index in [1.807, 2.05) is 18.2 Å². The van der Waals surface area contributed by atoms with Gasteiger partial charge in [-0.15, -0.1) is 0 Å². The Morgan fingerprint density at radius 2 is 1.85 bits per heavy atom. The fourth-order valence-corrected chi connectivity index (χ4v) is 2.79. The first-order valence-corrected chi connectivity index (χ1v) is 7.80. The van der Waals surface area contributed by atoms with Gasteiger partial charge in [0.2, 0.25) is 0 Å². The van der Waals surface area contributed by atoms with Gasteiger partial charge >= 0.3 is 0 Å². The zero-order valence-electron chi connectivity index (χ0n) is 12.8. The number of benzene rings is 1. The van der Waals surface area contributed by atoms with Crippen LogP contribution in [-0.4, -0.2) is 54.6 Å². The molecular formula is C16H26ClN3. The third-order valence-electron chi connectivity index (χ3n) is 3.90. The molecule has 1 aromatic carbocycles. The van der Waals surface area contributed by atoms with E-state index in [0.717, 1.165) is 36.9 Å². The summed E-state index contributed by atoms with van der Waals surface area (Å²) in [6.45, 7) is 13.6. The quantitative estimate of drug-likeness (QED) is 0.920. The van der Waals surface area contributed by atoms with Crippen LogP contribution in [-0.2, 0) is 0 Å². The molecule has 2 rings (SSSR count). The molecule has 1 aliphatic heterocycles. The van der Waals surface area contributed by atoms with E-state index in [1.54, 1.807) is 0 Å². The SMILES string of the molecule is CC(C)(C)N1CCN(CCNc2cccc(Cl)c2)CC1. The molecule has 1 N–H and O–H groups in total. The van der Waals surface area contributed by atoms with Crippen molar-refractivity contribution in [2.24, 2.45) is 0 Å². The molecule has 1 saturated heterocycles. The second-order valence-corrected chi connectivity index (χ2v) is 6.87. The van der Waals surface area contributed by atoms with E-state index in [4.69, 9.17) is 11.6 Å². The Hall–Kier alpha value is -0.770. The number of anilines is 1. The van der Waals surface area contributed by atoms with E-state index in [1.165, 1.54) is 13.1 Å². The van der Waals surface area contributed by atoms with Gasteiger partial charge in [0.1, 0.15) is 0 Å². The van der Waals surface area contributed by atoms with Crippen molar-refractivity contribution in [1.29, 1.82) is 0 Å². The van der Waals surface area contributed by atoms with Crippen LogP contribution < -0.4 is 5.32 Å². The molecule has 1 heterocycles. The second-order valence-electron chi connectivity index (χ2n) is 6.44. The summed E-state index contributed by atoms with van der Waals surface area (Å²) in [5.74, 6) is 0. The monoisotopic (exact) mass is 295 g/mol. The van der Waals surface area contributed by atoms with Gasteiger partial charge in [-0.1, -0.05) is 17.7 Å². The molecule has 0 bridgehead atoms. The number of hydrogen-bond acceptors (Lipinski definition) is 3. The normalized spacial score (nSPS) is 18.2. The Kier molecular flexibility index (Phi) is 5.30. The fourth-order valence-electron chi connectivity index (χ4n) is 2.60. The van der Waals surface area contributed by atoms with Crippen LogP contribution in [0, 0.1) is 0 Å². The largest absolute Gasteiger partial charge is 0.384 e. The summed E-state index contributed by atoms with van der Waals surface area (Å²) >= 11 is 5.98. The molecule has 0 atom stereocenters. The number of rotatable bonds is 4. The highest BCUT2D eigenvalue weighted by Gasteiger charge is 2.25. The third kappa shape index (κ3) is 4.65. The van der Waals surface area contributed by atoms with Crippen molar-refractivity contribution in [3.8, 4) is 0 Å². The number of piperazine rings is 1. The molecule has 112 valence electrons. The average molecular weight is 296 g/mol. The molecule has 0 saturated carbocycles. The number of nitrogens with zero attached hydrogens (tertiary/aromatic N) is 2. The Morgan fingerprint density at radius 3 is 2.45 bits per heavy atom. The van der Waals surface area contributed by atoms with Crippen molar-refractivity contribution in [3.05, 3.63) is 29.3 Å². The van der Waals surface area contributed by atoms with E-state index < -0.39 is 0 Å². The molecule has 1 aliphatic rings. The fraction of sp³-hybridized carbons (Fsp3) is 0.625. The summed E-state index contributed by atoms with van der Waals surface area (Å²) < 4.78 is 0. The Bertz CT molecular complexity index is 420. The lowest BCUT2D eigenvalue weighted by Gasteiger charge is -2.42. The van der Waals surface area contributed by atoms with Crippen molar-refractivity contribution in [3.63, 3.8) is 0 Å². The molecule has 0 unspecified atom stereocenters. The highest BCUT2D eigenvalue weighted by Crippen LogP contribution is 2.16. The van der Waals surface area contributed by atoms with Crippen molar-refractivity contribution in [2.45, 2.75) is 26.3 Å². The van der Waals surface area contributed by atoms with Crippen LogP contribution in [0.1, 0.15) is 20.8 Å². The molecule has 0 aromatic heterocycles. The molecule has 0 spiro atoms. The van der Waals surface area contributed by atoms with E-state index in [2.05, 4.69) is 42.0 Å². The van der Waals surface area contributed by atoms with Gasteiger partial charge in [0.25, 0.3) is 0 Å². The highest BCUT2D eigenvalue weighted by atomic mass is 35.5. The van der Waals surface area contributed by atoms with Gasteiger partial charge in [0, 0.05) is 55.5 Å². The van der Waals surface area contributed by atoms with Gasteiger partial charge in [-0.05, 0) is 39.0 Å². The molecule has 3 nitrogen and oxygen atoms in total. The van der Waals surface area contributed by atoms with E-state index in [-0.39, 0.29) is 0 Å². The number of nitrogens with one attached hydrogen (secondary N) is 1. The lowest BCUT2D eigenvalue weighted by Crippen LogP contribution is -2.53. The zero-order valence-corrected chi connectivity index (χ0v) is 13.6. The third-order valence-corrected chi connectivity index (χ3v) is 4.14. The molecule has 20 heavy (non-hydrogen) atoms. The average Bonchev–Trinajstić information content (AvgIpc) is 2.38. The highest BCUT2D eigenvalue weighted by molar-refractivity contribution is 6.30. The Balaban J connectivity index is 1.69. The van der Waals surface area contributed by atoms with E-state index >= 15 is 0 Å². The minimum atomic E-state index is 0.297. The molecule has 1 aromatic rings. The summed E-state index contributed by atoms with van der Waals surface area (Å²) in [5.41, 5.74) is 1.40. The van der Waals surface area contributed by atoms with Gasteiger partial charge in [0.05, 0.1) is 0 Å². The van der Waals surface area contributed by atoms with Crippen LogP contribution in [0.5, 0.6) is 0 Å². The number of halogens is 1. The first-order chi connectivity index (χ1) is 9.45. The standard InChI is InChI=1S/C16H26ClN3/c1-16(2,3)20-11-9-19(10-12-20)8-7-18-15-6-4-5-14(17)13-15/h4-6,13,18H,7-12H2,1-3H3. The van der Waals surface area contributed by atoms with Crippen LogP contribution in [0.25, 0.3) is 0 Å². The van der Waals surface area contributed by atoms with Crippen molar-refractivity contribution >= 4 is 17.3 Å². The van der Waals surface area contributed by atoms with Crippen LogP contribution in [0.4, 0.5) is 5.69 Å². The number of hydrogen-bond donors (Lipinski definition) is 1. The van der Waals surface area contributed by atoms with Gasteiger partial charge in [-0.3, -0.25) is 9.80 Å². The van der Waals surface area contributed by atoms with Gasteiger partial charge in [0.15, 0.2) is 0 Å². The predicted molar refractivity (Wildman–Crippen MR) is 87.7 cm³/mol. The van der Waals surface area contributed by atoms with Crippen LogP contribution in [0.3, 0.4) is 0 Å². The maximum absolute atomic E-state index is 5.98. The van der Waals surface area contributed by atoms with Gasteiger partial charge in [-0.25, -0.2) is 0 Å². The van der Waals surface area contributed by atoms with Gasteiger partial charge < -0.3 is 5.32 Å². The van der Waals surface area contributed by atoms with Crippen molar-refractivity contribution in [2.75, 3.05) is 44.6 Å². The van der Waals surface area contributed by atoms with Crippen molar-refractivity contribution < 1.29 is 0 Å². The molecule has 0 aliphatic carbocycles. The maximum atomic E-state index is 5.98. The summed E-state index contributed by atoms with van der Waals surface area (Å²) in [5, 5.41) is 4.22. The topological polar surface area (TPSA) is 18.5 Å². The lowest BCUT2D eigenvalue weighted by atomic mass is 10.1. The minimum Gasteiger partial charge on any atom is -0.384 e. The minimum absolute atomic E-state index is 0.297. The van der Waals surface area contributed by atoms with Gasteiger partial charge in [-0.2, -0.15) is 0 Å². The second kappa shape index (κ2) is 6.79. The smallest absolute Gasteiger partial charge is 0.0426 e. The Morgan fingerprint density at radius 1 is 1.15 bits per heavy atom. The van der Waals surface area contributed by atoms with Crippen LogP contribution in [0.2, 0.25) is 5.02 Å². The van der Waals surface area contributed by atoms with E-state index in [9.17, 15) is 0 Å². The van der Waals surface area contributed by atoms with Crippen LogP contribution >= 0.6 is 11.6 Å². The van der Waals surface area contributed by atoms with Crippen LogP contribution in [0.15, 0.2) is 24.3 Å². The molecule has 1 fully saturated rings. The zero-order chi connectivity index (χ0) is 14.6. The predicted octanol–water partition coefficient (Wildman–Crippen LogP) is 3.17. The Labute approximate surface area is 127 Å². The summed E-state index contributed by atoms with van der Waals surface area (Å²) in [7, 11) is 0. The first kappa shape index (κ1) is 15.6. The van der Waals surface area contributed by atoms with Crippen molar-refractivity contribution in [1.82, 2.24) is 9.80 Å². The maximum Gasteiger partial charge on any atom is 0.0426 e.